The number of aliphatic hydroxyl groups is 3. The maximum absolute atomic E-state index is 16.9. The number of allylic oxidation sites excluding steroid dienone is 4. The fourth-order valence-electron chi connectivity index (χ4n) is 7.26. The molecule has 3 N–H and O–H groups in total. The number of fused-ring (bicyclic) bond motifs is 5. The predicted molar refractivity (Wildman–Crippen MR) is 114 cm³/mol. The minimum absolute atomic E-state index is 0. The summed E-state index contributed by atoms with van der Waals surface area (Å²) in [7, 11) is 0. The van der Waals surface area contributed by atoms with Crippen molar-refractivity contribution in [1.29, 1.82) is 0 Å². The molecule has 158 valence electrons. The fraction of sp³-hybridized carbons (Fsp3) is 0.727. The van der Waals surface area contributed by atoms with E-state index in [1.165, 1.54) is 12.2 Å². The molecule has 5 nitrogen and oxygen atoms in total. The number of rotatable bonds is 2. The molecule has 4 rings (SSSR count). The first-order valence-electron chi connectivity index (χ1n) is 10.1. The van der Waals surface area contributed by atoms with Crippen LogP contribution in [0.1, 0.15) is 46.5 Å². The van der Waals surface area contributed by atoms with E-state index in [0.717, 1.165) is 0 Å². The number of aliphatic hydroxyl groups excluding tert-OH is 2. The molecule has 30 heavy (non-hydrogen) atoms. The van der Waals surface area contributed by atoms with Gasteiger partial charge in [-0.25, -0.2) is 4.39 Å². The van der Waals surface area contributed by atoms with Crippen molar-refractivity contribution in [2.24, 2.45) is 28.6 Å². The molecule has 0 radical (unpaired) electrons. The van der Waals surface area contributed by atoms with E-state index in [0.29, 0.717) is 24.8 Å². The summed E-state index contributed by atoms with van der Waals surface area (Å²) in [6, 6.07) is 0. The number of carbonyl (C=O) groups excluding carboxylic acids is 2. The summed E-state index contributed by atoms with van der Waals surface area (Å²) in [5.74, 6) is -2.12. The Bertz CT molecular complexity index is 815. The zero-order valence-electron chi connectivity index (χ0n) is 16.6. The van der Waals surface area contributed by atoms with Gasteiger partial charge in [0.25, 0.3) is 0 Å². The van der Waals surface area contributed by atoms with Crippen LogP contribution in [0.25, 0.3) is 0 Å². The molecule has 3 fully saturated rings. The van der Waals surface area contributed by atoms with Gasteiger partial charge in [0.2, 0.25) is 0 Å². The van der Waals surface area contributed by atoms with E-state index in [1.54, 1.807) is 26.8 Å². The Morgan fingerprint density at radius 1 is 1.27 bits per heavy atom. The summed E-state index contributed by atoms with van der Waals surface area (Å²) in [5, 5.41) is 32.0. The number of hydrogen-bond donors (Lipinski definition) is 3. The van der Waals surface area contributed by atoms with Crippen LogP contribution < -0.4 is 0 Å². The van der Waals surface area contributed by atoms with Crippen molar-refractivity contribution in [3.8, 4) is 0 Å². The summed E-state index contributed by atoms with van der Waals surface area (Å²) >= 11 is 0. The zero-order valence-corrected chi connectivity index (χ0v) is 16.6. The summed E-state index contributed by atoms with van der Waals surface area (Å²) in [6.07, 6.45) is 4.44. The molecule has 0 spiro atoms. The average molecular weight is 440 g/mol. The van der Waals surface area contributed by atoms with Crippen molar-refractivity contribution in [2.45, 2.75) is 63.8 Å². The summed E-state index contributed by atoms with van der Waals surface area (Å²) in [4.78, 5) is 24.4. The molecular weight excluding hydrogens is 409 g/mol. The standard InChI is InChI=1S/C22H29FO5.2Na.2H/c1-12-8-16-15-5-4-13-9-14(25)6-7-19(13,2)21(15,23)17(26)10-20(16,3)22(12,28)18(27)11-24;;;;/h6-7,9,12,15-17,24,26,28H,4-5,8,10-11H2,1-3H3;;;;/t12-,15-,16-,17-,19-,20-,21-,22-;;;;/m0..../s1. The Balaban J connectivity index is 0.00000160. The predicted octanol–water partition coefficient (Wildman–Crippen LogP) is 0.599. The Morgan fingerprint density at radius 3 is 2.50 bits per heavy atom. The second-order valence-electron chi connectivity index (χ2n) is 9.75. The average Bonchev–Trinajstić information content (AvgIpc) is 2.84. The van der Waals surface area contributed by atoms with Crippen molar-refractivity contribution in [3.63, 3.8) is 0 Å². The van der Waals surface area contributed by atoms with Crippen LogP contribution >= 0.6 is 0 Å². The topological polar surface area (TPSA) is 94.8 Å². The van der Waals surface area contributed by atoms with Crippen molar-refractivity contribution in [2.75, 3.05) is 6.61 Å². The first-order chi connectivity index (χ1) is 13.0. The van der Waals surface area contributed by atoms with E-state index >= 15 is 4.39 Å². The third-order valence-corrected chi connectivity index (χ3v) is 8.79. The van der Waals surface area contributed by atoms with E-state index in [-0.39, 0.29) is 77.2 Å². The van der Waals surface area contributed by atoms with Gasteiger partial charge in [-0.05, 0) is 56.6 Å². The molecule has 8 atom stereocenters. The molecule has 4 aliphatic carbocycles. The van der Waals surface area contributed by atoms with Crippen LogP contribution in [0, 0.1) is 28.6 Å². The van der Waals surface area contributed by atoms with Crippen LogP contribution in [0.5, 0.6) is 0 Å². The van der Waals surface area contributed by atoms with Crippen molar-refractivity contribution < 1.29 is 29.3 Å². The van der Waals surface area contributed by atoms with Crippen LogP contribution in [0.2, 0.25) is 0 Å². The second-order valence-corrected chi connectivity index (χ2v) is 9.75. The van der Waals surface area contributed by atoms with Gasteiger partial charge in [0.05, 0.1) is 6.10 Å². The molecule has 0 aliphatic heterocycles. The van der Waals surface area contributed by atoms with Crippen LogP contribution in [-0.2, 0) is 9.59 Å². The first kappa shape index (κ1) is 26.9. The van der Waals surface area contributed by atoms with Crippen molar-refractivity contribution in [3.05, 3.63) is 23.8 Å². The molecule has 0 bridgehead atoms. The fourth-order valence-corrected chi connectivity index (χ4v) is 7.26. The molecule has 0 saturated heterocycles. The number of halogens is 1. The number of Topliss-reactive ketones (excluding diaryl/α,β-unsaturated/α-hetero) is 1. The molecule has 0 amide bonds. The van der Waals surface area contributed by atoms with Crippen LogP contribution in [0.3, 0.4) is 0 Å². The molecule has 3 saturated carbocycles. The number of ketones is 2. The summed E-state index contributed by atoms with van der Waals surface area (Å²) < 4.78 is 16.9. The Hall–Kier alpha value is 0.630. The summed E-state index contributed by atoms with van der Waals surface area (Å²) in [5.41, 5.74) is -5.17. The van der Waals surface area contributed by atoms with E-state index in [9.17, 15) is 24.9 Å². The minimum atomic E-state index is -1.98. The van der Waals surface area contributed by atoms with Gasteiger partial charge in [-0.3, -0.25) is 9.59 Å². The third kappa shape index (κ3) is 3.05. The monoisotopic (exact) mass is 440 g/mol. The van der Waals surface area contributed by atoms with Crippen LogP contribution in [-0.4, -0.2) is 110 Å². The number of alkyl halides is 1. The molecule has 0 aromatic heterocycles. The molecule has 0 aromatic rings. The van der Waals surface area contributed by atoms with Crippen molar-refractivity contribution >= 4 is 70.7 Å². The quantitative estimate of drug-likeness (QED) is 0.547. The van der Waals surface area contributed by atoms with E-state index in [4.69, 9.17) is 0 Å². The zero-order chi connectivity index (χ0) is 20.7. The van der Waals surface area contributed by atoms with Gasteiger partial charge in [-0.2, -0.15) is 0 Å². The van der Waals surface area contributed by atoms with Gasteiger partial charge < -0.3 is 15.3 Å². The van der Waals surface area contributed by atoms with E-state index in [1.807, 2.05) is 0 Å². The molecule has 0 heterocycles. The van der Waals surface area contributed by atoms with Gasteiger partial charge in [-0.15, -0.1) is 0 Å². The molecule has 4 aliphatic rings. The summed E-state index contributed by atoms with van der Waals surface area (Å²) in [6.45, 7) is 4.48. The van der Waals surface area contributed by atoms with E-state index < -0.39 is 52.4 Å². The van der Waals surface area contributed by atoms with Gasteiger partial charge in [0, 0.05) is 16.7 Å². The SMILES string of the molecule is C[C@H]1C[C@H]2[C@@H]3CCC4=CC(=O)C=C[C@]4(C)[C@@]3(F)[C@@H](O)C[C@]2(C)[C@@]1(O)C(=O)CO.[NaH].[NaH]. The van der Waals surface area contributed by atoms with Gasteiger partial charge in [0.1, 0.15) is 12.2 Å². The van der Waals surface area contributed by atoms with Gasteiger partial charge in [0.15, 0.2) is 17.2 Å². The Kier molecular flexibility index (Phi) is 7.57. The molecule has 0 unspecified atom stereocenters. The Morgan fingerprint density at radius 2 is 1.90 bits per heavy atom. The number of hydrogen-bond acceptors (Lipinski definition) is 5. The van der Waals surface area contributed by atoms with Gasteiger partial charge in [-0.1, -0.05) is 25.5 Å². The molecule has 0 aromatic carbocycles. The normalized spacial score (nSPS) is 49.0. The van der Waals surface area contributed by atoms with Gasteiger partial charge >= 0.3 is 59.1 Å². The third-order valence-electron chi connectivity index (χ3n) is 8.79. The Labute approximate surface area is 221 Å². The van der Waals surface area contributed by atoms with E-state index in [2.05, 4.69) is 0 Å². The molecular formula is C22H31FNa2O5. The van der Waals surface area contributed by atoms with Crippen LogP contribution in [0.4, 0.5) is 4.39 Å². The van der Waals surface area contributed by atoms with Crippen molar-refractivity contribution in [1.82, 2.24) is 0 Å². The maximum atomic E-state index is 16.9. The number of carbonyl (C=O) groups is 2. The molecule has 8 heteroatoms. The second kappa shape index (κ2) is 8.44. The first-order valence-corrected chi connectivity index (χ1v) is 10.1. The van der Waals surface area contributed by atoms with Crippen LogP contribution in [0.15, 0.2) is 23.8 Å².